The van der Waals surface area contributed by atoms with Crippen molar-refractivity contribution in [2.24, 2.45) is 5.73 Å². The molecule has 3 N–H and O–H groups in total. The molecule has 8 heteroatoms. The molecule has 1 aromatic carbocycles. The number of benzene rings is 1. The third-order valence-electron chi connectivity index (χ3n) is 3.10. The first-order valence-electron chi connectivity index (χ1n) is 7.19. The van der Waals surface area contributed by atoms with Crippen molar-refractivity contribution in [3.8, 4) is 0 Å². The maximum absolute atomic E-state index is 13.2. The molecule has 0 fully saturated rings. The largest absolute Gasteiger partial charge is 0.481 e. The Balaban J connectivity index is 3.38. The second kappa shape index (κ2) is 7.21. The lowest BCUT2D eigenvalue weighted by molar-refractivity contribution is -0.158. The van der Waals surface area contributed by atoms with Crippen LogP contribution >= 0.6 is 0 Å². The molecule has 134 valence electrons. The third kappa shape index (κ3) is 5.52. The number of aliphatic carboxylic acids is 1. The predicted octanol–water partition coefficient (Wildman–Crippen LogP) is 2.93. The maximum Gasteiger partial charge on any atom is 0.416 e. The molecule has 5 nitrogen and oxygen atoms in total. The van der Waals surface area contributed by atoms with Gasteiger partial charge in [0.2, 0.25) is 0 Å². The van der Waals surface area contributed by atoms with Gasteiger partial charge in [-0.15, -0.1) is 0 Å². The van der Waals surface area contributed by atoms with E-state index >= 15 is 0 Å². The van der Waals surface area contributed by atoms with Crippen LogP contribution < -0.4 is 5.73 Å². The Morgan fingerprint density at radius 2 is 1.75 bits per heavy atom. The summed E-state index contributed by atoms with van der Waals surface area (Å²) in [5, 5.41) is 8.87. The highest BCUT2D eigenvalue weighted by atomic mass is 19.4. The first kappa shape index (κ1) is 20.0. The molecule has 0 heterocycles. The predicted molar refractivity (Wildman–Crippen MR) is 80.3 cm³/mol. The van der Waals surface area contributed by atoms with Crippen molar-refractivity contribution in [2.75, 3.05) is 0 Å². The average molecular weight is 347 g/mol. The normalized spacial score (nSPS) is 14.8. The zero-order chi connectivity index (χ0) is 18.7. The molecule has 0 amide bonds. The van der Waals surface area contributed by atoms with E-state index in [0.717, 1.165) is 12.1 Å². The minimum absolute atomic E-state index is 0.395. The third-order valence-corrected chi connectivity index (χ3v) is 3.10. The standard InChI is InChI=1S/C16H20F3NO4/c1-15(2,3)24-14(23)13(11(20)8-12(21)22)9-6-4-5-7-10(9)16(17,18)19/h4-7,11,13H,8,20H2,1-3H3,(H,21,22)/t11-,13?/m0/s1. The number of carboxylic acids is 1. The second-order valence-corrected chi connectivity index (χ2v) is 6.36. The Bertz CT molecular complexity index is 608. The van der Waals surface area contributed by atoms with Crippen molar-refractivity contribution in [3.05, 3.63) is 35.4 Å². The number of halogens is 3. The van der Waals surface area contributed by atoms with E-state index < -0.39 is 53.2 Å². The summed E-state index contributed by atoms with van der Waals surface area (Å²) < 4.78 is 44.8. The molecule has 1 rings (SSSR count). The first-order chi connectivity index (χ1) is 10.8. The van der Waals surface area contributed by atoms with E-state index in [1.54, 1.807) is 20.8 Å². The highest BCUT2D eigenvalue weighted by molar-refractivity contribution is 5.81. The molecule has 0 spiro atoms. The van der Waals surface area contributed by atoms with Crippen LogP contribution in [0.15, 0.2) is 24.3 Å². The van der Waals surface area contributed by atoms with Crippen LogP contribution in [0.25, 0.3) is 0 Å². The number of carboxylic acid groups (broad SMARTS) is 1. The second-order valence-electron chi connectivity index (χ2n) is 6.36. The number of esters is 1. The number of hydrogen-bond acceptors (Lipinski definition) is 4. The van der Waals surface area contributed by atoms with E-state index in [-0.39, 0.29) is 0 Å². The lowest BCUT2D eigenvalue weighted by Gasteiger charge is -2.28. The Morgan fingerprint density at radius 3 is 2.21 bits per heavy atom. The molecule has 1 unspecified atom stereocenters. The molecular formula is C16H20F3NO4. The Labute approximate surface area is 137 Å². The number of rotatable bonds is 5. The number of ether oxygens (including phenoxy) is 1. The van der Waals surface area contributed by atoms with Gasteiger partial charge in [0.25, 0.3) is 0 Å². The summed E-state index contributed by atoms with van der Waals surface area (Å²) in [6.07, 6.45) is -5.38. The van der Waals surface area contributed by atoms with Crippen LogP contribution in [0.1, 0.15) is 44.2 Å². The van der Waals surface area contributed by atoms with Crippen LogP contribution in [0.3, 0.4) is 0 Å². The van der Waals surface area contributed by atoms with Gasteiger partial charge in [0.1, 0.15) is 5.60 Å². The van der Waals surface area contributed by atoms with Crippen LogP contribution in [0.2, 0.25) is 0 Å². The van der Waals surface area contributed by atoms with Crippen LogP contribution in [0.4, 0.5) is 13.2 Å². The summed E-state index contributed by atoms with van der Waals surface area (Å²) in [7, 11) is 0. The molecule has 0 aromatic heterocycles. The van der Waals surface area contributed by atoms with E-state index in [0.29, 0.717) is 0 Å². The fourth-order valence-electron chi connectivity index (χ4n) is 2.24. The summed E-state index contributed by atoms with van der Waals surface area (Å²) in [5.74, 6) is -3.85. The van der Waals surface area contributed by atoms with Crippen molar-refractivity contribution in [1.82, 2.24) is 0 Å². The summed E-state index contributed by atoms with van der Waals surface area (Å²) in [5.41, 5.74) is 3.35. The molecule has 0 saturated carbocycles. The zero-order valence-electron chi connectivity index (χ0n) is 13.6. The summed E-state index contributed by atoms with van der Waals surface area (Å²) >= 11 is 0. The van der Waals surface area contributed by atoms with Gasteiger partial charge in [-0.05, 0) is 32.4 Å². The van der Waals surface area contributed by atoms with E-state index in [1.807, 2.05) is 0 Å². The minimum Gasteiger partial charge on any atom is -0.481 e. The molecule has 1 aromatic rings. The number of carbonyl (C=O) groups excluding carboxylic acids is 1. The summed E-state index contributed by atoms with van der Waals surface area (Å²) in [6.45, 7) is 4.67. The van der Waals surface area contributed by atoms with Crippen molar-refractivity contribution in [3.63, 3.8) is 0 Å². The topological polar surface area (TPSA) is 89.6 Å². The fourth-order valence-corrected chi connectivity index (χ4v) is 2.24. The van der Waals surface area contributed by atoms with Crippen molar-refractivity contribution < 1.29 is 32.6 Å². The number of carbonyl (C=O) groups is 2. The minimum atomic E-state index is -4.71. The highest BCUT2D eigenvalue weighted by Crippen LogP contribution is 2.37. The van der Waals surface area contributed by atoms with E-state index in [4.69, 9.17) is 15.6 Å². The lowest BCUT2D eigenvalue weighted by atomic mass is 9.86. The van der Waals surface area contributed by atoms with Gasteiger partial charge in [-0.25, -0.2) is 0 Å². The Kier molecular flexibility index (Phi) is 5.99. The maximum atomic E-state index is 13.2. The van der Waals surface area contributed by atoms with E-state index in [1.165, 1.54) is 12.1 Å². The van der Waals surface area contributed by atoms with Gasteiger partial charge in [-0.3, -0.25) is 9.59 Å². The SMILES string of the molecule is CC(C)(C)OC(=O)C(c1ccccc1C(F)(F)F)[C@@H](N)CC(=O)O. The van der Waals surface area contributed by atoms with Crippen LogP contribution in [0.5, 0.6) is 0 Å². The summed E-state index contributed by atoms with van der Waals surface area (Å²) in [6, 6.07) is 3.08. The van der Waals surface area contributed by atoms with Gasteiger partial charge < -0.3 is 15.6 Å². The smallest absolute Gasteiger partial charge is 0.416 e. The van der Waals surface area contributed by atoms with Gasteiger partial charge >= 0.3 is 18.1 Å². The van der Waals surface area contributed by atoms with E-state index in [2.05, 4.69) is 0 Å². The van der Waals surface area contributed by atoms with E-state index in [9.17, 15) is 22.8 Å². The number of hydrogen-bond donors (Lipinski definition) is 2. The number of alkyl halides is 3. The fraction of sp³-hybridized carbons (Fsp3) is 0.500. The van der Waals surface area contributed by atoms with Crippen LogP contribution in [0, 0.1) is 0 Å². The van der Waals surface area contributed by atoms with Gasteiger partial charge in [0.05, 0.1) is 17.9 Å². The average Bonchev–Trinajstić information content (AvgIpc) is 2.35. The molecule has 0 aliphatic heterocycles. The highest BCUT2D eigenvalue weighted by Gasteiger charge is 2.40. The van der Waals surface area contributed by atoms with Gasteiger partial charge in [0, 0.05) is 6.04 Å². The molecule has 0 saturated heterocycles. The molecule has 0 radical (unpaired) electrons. The van der Waals surface area contributed by atoms with Gasteiger partial charge in [0.15, 0.2) is 0 Å². The Hall–Kier alpha value is -2.09. The quantitative estimate of drug-likeness (QED) is 0.800. The Morgan fingerprint density at radius 1 is 1.21 bits per heavy atom. The molecule has 2 atom stereocenters. The van der Waals surface area contributed by atoms with Crippen LogP contribution in [-0.4, -0.2) is 28.7 Å². The van der Waals surface area contributed by atoms with Crippen molar-refractivity contribution >= 4 is 11.9 Å². The van der Waals surface area contributed by atoms with Crippen LogP contribution in [-0.2, 0) is 20.5 Å². The van der Waals surface area contributed by atoms with Crippen molar-refractivity contribution in [2.45, 2.75) is 50.9 Å². The van der Waals surface area contributed by atoms with Gasteiger partial charge in [-0.2, -0.15) is 13.2 Å². The first-order valence-corrected chi connectivity index (χ1v) is 7.19. The van der Waals surface area contributed by atoms with Crippen molar-refractivity contribution in [1.29, 1.82) is 0 Å². The zero-order valence-corrected chi connectivity index (χ0v) is 13.6. The molecule has 0 aliphatic carbocycles. The van der Waals surface area contributed by atoms with Gasteiger partial charge in [-0.1, -0.05) is 18.2 Å². The molecule has 0 aliphatic rings. The number of nitrogens with two attached hydrogens (primary N) is 1. The molecule has 24 heavy (non-hydrogen) atoms. The summed E-state index contributed by atoms with van der Waals surface area (Å²) in [4.78, 5) is 23.3. The monoisotopic (exact) mass is 347 g/mol. The lowest BCUT2D eigenvalue weighted by Crippen LogP contribution is -2.40. The molecule has 0 bridgehead atoms. The molecular weight excluding hydrogens is 327 g/mol.